The fourth-order valence-electron chi connectivity index (χ4n) is 3.13. The van der Waals surface area contributed by atoms with Crippen molar-refractivity contribution in [3.8, 4) is 5.75 Å². The van der Waals surface area contributed by atoms with Crippen LogP contribution >= 0.6 is 0 Å². The summed E-state index contributed by atoms with van der Waals surface area (Å²) in [6, 6.07) is 3.59. The van der Waals surface area contributed by atoms with Gasteiger partial charge in [-0.1, -0.05) is 6.07 Å². The topological polar surface area (TPSA) is 123 Å². The van der Waals surface area contributed by atoms with Gasteiger partial charge in [-0.2, -0.15) is 0 Å². The van der Waals surface area contributed by atoms with Gasteiger partial charge in [0.2, 0.25) is 5.75 Å². The highest BCUT2D eigenvalue weighted by atomic mass is 19.1. The average Bonchev–Trinajstić information content (AvgIpc) is 2.68. The zero-order valence-electron chi connectivity index (χ0n) is 16.2. The van der Waals surface area contributed by atoms with Gasteiger partial charge in [0.1, 0.15) is 17.2 Å². The Labute approximate surface area is 165 Å². The molecular formula is C19H21FN4O5. The van der Waals surface area contributed by atoms with Crippen molar-refractivity contribution in [2.45, 2.75) is 32.5 Å². The van der Waals surface area contributed by atoms with Crippen LogP contribution in [0, 0.1) is 5.82 Å². The van der Waals surface area contributed by atoms with Gasteiger partial charge in [-0.25, -0.2) is 9.37 Å². The minimum Gasteiger partial charge on any atom is -0.501 e. The Balaban J connectivity index is 1.91. The van der Waals surface area contributed by atoms with Gasteiger partial charge in [0.15, 0.2) is 5.69 Å². The van der Waals surface area contributed by atoms with E-state index in [2.05, 4.69) is 15.6 Å². The third kappa shape index (κ3) is 3.83. The molecule has 154 valence electrons. The van der Waals surface area contributed by atoms with E-state index >= 15 is 0 Å². The van der Waals surface area contributed by atoms with Gasteiger partial charge in [-0.3, -0.25) is 19.0 Å². The molecular weight excluding hydrogens is 383 g/mol. The van der Waals surface area contributed by atoms with Crippen LogP contribution < -0.4 is 16.2 Å². The second-order valence-electron chi connectivity index (χ2n) is 7.01. The molecule has 29 heavy (non-hydrogen) atoms. The number of carbonyl (C=O) groups is 2. The molecule has 0 aliphatic carbocycles. The zero-order chi connectivity index (χ0) is 21.3. The number of carbonyl (C=O) groups excluding carboxylic acids is 2. The van der Waals surface area contributed by atoms with E-state index in [-0.39, 0.29) is 31.1 Å². The highest BCUT2D eigenvalue weighted by Gasteiger charge is 2.34. The highest BCUT2D eigenvalue weighted by molar-refractivity contribution is 5.96. The summed E-state index contributed by atoms with van der Waals surface area (Å²) in [5, 5.41) is 15.1. The lowest BCUT2D eigenvalue weighted by atomic mass is 10.1. The molecule has 3 N–H and O–H groups in total. The van der Waals surface area contributed by atoms with Crippen LogP contribution in [0.3, 0.4) is 0 Å². The maximum Gasteiger partial charge on any atom is 0.296 e. The first-order chi connectivity index (χ1) is 13.7. The van der Waals surface area contributed by atoms with E-state index in [1.807, 2.05) is 0 Å². The fraction of sp³-hybridized carbons (Fsp3) is 0.368. The van der Waals surface area contributed by atoms with E-state index < -0.39 is 40.2 Å². The largest absolute Gasteiger partial charge is 0.501 e. The fourth-order valence-corrected chi connectivity index (χ4v) is 3.13. The lowest BCUT2D eigenvalue weighted by Gasteiger charge is -2.32. The second kappa shape index (κ2) is 7.63. The normalized spacial score (nSPS) is 14.8. The third-order valence-corrected chi connectivity index (χ3v) is 4.66. The van der Waals surface area contributed by atoms with Crippen molar-refractivity contribution in [3.05, 3.63) is 57.0 Å². The summed E-state index contributed by atoms with van der Waals surface area (Å²) in [5.41, 5.74) is -1.67. The maximum atomic E-state index is 13.5. The molecule has 9 nitrogen and oxygen atoms in total. The quantitative estimate of drug-likeness (QED) is 0.688. The predicted molar refractivity (Wildman–Crippen MR) is 100 cm³/mol. The number of ether oxygens (including phenoxy) is 1. The van der Waals surface area contributed by atoms with E-state index in [4.69, 9.17) is 4.74 Å². The Morgan fingerprint density at radius 2 is 2.07 bits per heavy atom. The molecule has 10 heteroatoms. The number of rotatable bonds is 4. The van der Waals surface area contributed by atoms with Crippen molar-refractivity contribution >= 4 is 11.8 Å². The minimum atomic E-state index is -0.913. The lowest BCUT2D eigenvalue weighted by molar-refractivity contribution is -0.0566. The number of aromatic nitrogens is 2. The van der Waals surface area contributed by atoms with Crippen molar-refractivity contribution in [2.24, 2.45) is 0 Å². The van der Waals surface area contributed by atoms with Crippen LogP contribution in [0.1, 0.15) is 46.1 Å². The molecule has 0 spiro atoms. The highest BCUT2D eigenvalue weighted by Crippen LogP contribution is 2.27. The van der Waals surface area contributed by atoms with Crippen molar-refractivity contribution in [1.29, 1.82) is 0 Å². The summed E-state index contributed by atoms with van der Waals surface area (Å²) < 4.78 is 20.4. The van der Waals surface area contributed by atoms with Crippen LogP contribution in [0.5, 0.6) is 5.75 Å². The molecule has 2 amide bonds. The molecule has 0 saturated heterocycles. The van der Waals surface area contributed by atoms with E-state index in [0.717, 1.165) is 12.1 Å². The van der Waals surface area contributed by atoms with Crippen LogP contribution in [0.4, 0.5) is 4.39 Å². The van der Waals surface area contributed by atoms with E-state index in [0.29, 0.717) is 5.56 Å². The molecule has 0 saturated carbocycles. The maximum absolute atomic E-state index is 13.5. The SMILES string of the molecule is CNC(=O)c1cc(F)ccc1CNC(=O)c1nc2n(c(=O)c1O)CCOC2(C)C. The Hall–Kier alpha value is -3.27. The summed E-state index contributed by atoms with van der Waals surface area (Å²) in [6.07, 6.45) is 0. The van der Waals surface area contributed by atoms with Gasteiger partial charge >= 0.3 is 0 Å². The molecule has 0 radical (unpaired) electrons. The first-order valence-electron chi connectivity index (χ1n) is 8.92. The van der Waals surface area contributed by atoms with Gasteiger partial charge in [0.25, 0.3) is 17.4 Å². The Morgan fingerprint density at radius 3 is 2.76 bits per heavy atom. The van der Waals surface area contributed by atoms with Crippen molar-refractivity contribution < 1.29 is 23.8 Å². The summed E-state index contributed by atoms with van der Waals surface area (Å²) >= 11 is 0. The average molecular weight is 404 g/mol. The number of hydrogen-bond donors (Lipinski definition) is 3. The summed E-state index contributed by atoms with van der Waals surface area (Å²) in [7, 11) is 1.40. The number of nitrogens with zero attached hydrogens (tertiary/aromatic N) is 2. The lowest BCUT2D eigenvalue weighted by Crippen LogP contribution is -2.42. The Bertz CT molecular complexity index is 1050. The molecule has 1 aromatic carbocycles. The van der Waals surface area contributed by atoms with Gasteiger partial charge < -0.3 is 20.5 Å². The van der Waals surface area contributed by atoms with Crippen LogP contribution in [0.15, 0.2) is 23.0 Å². The molecule has 1 aliphatic heterocycles. The van der Waals surface area contributed by atoms with E-state index in [1.54, 1.807) is 13.8 Å². The standard InChI is InChI=1S/C19H21FN4O5/c1-19(2)18-23-13(14(25)17(28)24(18)6-7-29-19)16(27)22-9-10-4-5-11(20)8-12(10)15(26)21-3/h4-5,8,25H,6-7,9H2,1-3H3,(H,21,26)(H,22,27). The van der Waals surface area contributed by atoms with Gasteiger partial charge in [-0.15, -0.1) is 0 Å². The van der Waals surface area contributed by atoms with Gasteiger partial charge in [0.05, 0.1) is 13.2 Å². The molecule has 0 unspecified atom stereocenters. The first kappa shape index (κ1) is 20.5. The molecule has 3 rings (SSSR count). The molecule has 0 fully saturated rings. The second-order valence-corrected chi connectivity index (χ2v) is 7.01. The van der Waals surface area contributed by atoms with Gasteiger partial charge in [0, 0.05) is 19.2 Å². The van der Waals surface area contributed by atoms with Crippen molar-refractivity contribution in [3.63, 3.8) is 0 Å². The molecule has 2 heterocycles. The van der Waals surface area contributed by atoms with Crippen LogP contribution in [0.25, 0.3) is 0 Å². The van der Waals surface area contributed by atoms with Crippen LogP contribution in [-0.2, 0) is 23.4 Å². The number of nitrogens with one attached hydrogen (secondary N) is 2. The number of fused-ring (bicyclic) bond motifs is 1. The smallest absolute Gasteiger partial charge is 0.296 e. The molecule has 1 aromatic heterocycles. The molecule has 0 bridgehead atoms. The predicted octanol–water partition coefficient (Wildman–Crippen LogP) is 0.643. The number of aromatic hydroxyl groups is 1. The summed E-state index contributed by atoms with van der Waals surface area (Å²) in [6.45, 7) is 3.76. The number of hydrogen-bond acceptors (Lipinski definition) is 6. The number of amides is 2. The molecule has 1 aliphatic rings. The van der Waals surface area contributed by atoms with Crippen molar-refractivity contribution in [2.75, 3.05) is 13.7 Å². The van der Waals surface area contributed by atoms with Gasteiger partial charge in [-0.05, 0) is 31.5 Å². The summed E-state index contributed by atoms with van der Waals surface area (Å²) in [4.78, 5) is 41.2. The van der Waals surface area contributed by atoms with E-state index in [1.165, 1.54) is 17.7 Å². The zero-order valence-corrected chi connectivity index (χ0v) is 16.2. The van der Waals surface area contributed by atoms with Crippen molar-refractivity contribution in [1.82, 2.24) is 20.2 Å². The monoisotopic (exact) mass is 404 g/mol. The Kier molecular flexibility index (Phi) is 5.38. The first-order valence-corrected chi connectivity index (χ1v) is 8.92. The summed E-state index contributed by atoms with van der Waals surface area (Å²) in [5.74, 6) is -2.46. The Morgan fingerprint density at radius 1 is 1.34 bits per heavy atom. The van der Waals surface area contributed by atoms with Crippen LogP contribution in [0.2, 0.25) is 0 Å². The van der Waals surface area contributed by atoms with Crippen LogP contribution in [-0.4, -0.2) is 40.1 Å². The number of benzene rings is 1. The molecule has 2 aromatic rings. The molecule has 0 atom stereocenters. The van der Waals surface area contributed by atoms with E-state index in [9.17, 15) is 23.9 Å². The third-order valence-electron chi connectivity index (χ3n) is 4.66. The number of halogens is 1. The minimum absolute atomic E-state index is 0.0602.